The van der Waals surface area contributed by atoms with E-state index in [2.05, 4.69) is 37.1 Å². The summed E-state index contributed by atoms with van der Waals surface area (Å²) >= 11 is 0. The van der Waals surface area contributed by atoms with Gasteiger partial charge in [0.1, 0.15) is 5.82 Å². The highest BCUT2D eigenvalue weighted by atomic mass is 19.1. The Hall–Kier alpha value is -2.24. The Balaban J connectivity index is 1.80. The summed E-state index contributed by atoms with van der Waals surface area (Å²) in [5, 5.41) is 5.61. The van der Waals surface area contributed by atoms with E-state index in [-0.39, 0.29) is 16.6 Å². The summed E-state index contributed by atoms with van der Waals surface area (Å²) in [6.45, 7) is 6.65. The maximum Gasteiger partial charge on any atom is 0.123 e. The van der Waals surface area contributed by atoms with Crippen LogP contribution in [0.3, 0.4) is 0 Å². The topological polar surface area (TPSA) is 53.1 Å². The minimum absolute atomic E-state index is 0.00777. The zero-order valence-corrected chi connectivity index (χ0v) is 15.9. The molecule has 0 atom stereocenters. The standard InChI is InChI=1S/C22H26FN3O/c1-21(2,15-24)22(9-11-27-12-10-22)17-3-8-20-16(13-17)14-25-26(20)19-6-4-18(23)5-7-19/h3-8,13-14H,9-12,15,24H2,1-2H3. The average molecular weight is 367 g/mol. The van der Waals surface area contributed by atoms with E-state index in [1.54, 1.807) is 12.1 Å². The lowest BCUT2D eigenvalue weighted by atomic mass is 9.58. The van der Waals surface area contributed by atoms with E-state index in [0.717, 1.165) is 42.6 Å². The number of ether oxygens (including phenoxy) is 1. The van der Waals surface area contributed by atoms with E-state index in [1.807, 2.05) is 10.9 Å². The predicted molar refractivity (Wildman–Crippen MR) is 106 cm³/mol. The van der Waals surface area contributed by atoms with Gasteiger partial charge in [-0.05, 0) is 66.8 Å². The highest BCUT2D eigenvalue weighted by Crippen LogP contribution is 2.49. The van der Waals surface area contributed by atoms with Gasteiger partial charge < -0.3 is 10.5 Å². The monoisotopic (exact) mass is 367 g/mol. The first-order valence-corrected chi connectivity index (χ1v) is 9.49. The van der Waals surface area contributed by atoms with Gasteiger partial charge in [0.05, 0.1) is 17.4 Å². The van der Waals surface area contributed by atoms with Crippen LogP contribution in [0.5, 0.6) is 0 Å². The number of rotatable bonds is 4. The van der Waals surface area contributed by atoms with Crippen molar-refractivity contribution in [1.82, 2.24) is 9.78 Å². The summed E-state index contributed by atoms with van der Waals surface area (Å²) < 4.78 is 20.7. The fourth-order valence-corrected chi connectivity index (χ4v) is 4.39. The summed E-state index contributed by atoms with van der Waals surface area (Å²) in [5.74, 6) is -0.247. The number of hydrogen-bond donors (Lipinski definition) is 1. The molecule has 1 aromatic heterocycles. The van der Waals surface area contributed by atoms with E-state index in [9.17, 15) is 4.39 Å². The van der Waals surface area contributed by atoms with Gasteiger partial charge in [0.15, 0.2) is 0 Å². The summed E-state index contributed by atoms with van der Waals surface area (Å²) in [4.78, 5) is 0. The van der Waals surface area contributed by atoms with Crippen molar-refractivity contribution in [3.63, 3.8) is 0 Å². The van der Waals surface area contributed by atoms with Crippen molar-refractivity contribution in [1.29, 1.82) is 0 Å². The number of benzene rings is 2. The molecule has 3 aromatic rings. The second kappa shape index (κ2) is 6.73. The van der Waals surface area contributed by atoms with Gasteiger partial charge in [-0.15, -0.1) is 0 Å². The molecular formula is C22H26FN3O. The van der Waals surface area contributed by atoms with Crippen molar-refractivity contribution in [3.8, 4) is 5.69 Å². The van der Waals surface area contributed by atoms with Gasteiger partial charge in [-0.1, -0.05) is 19.9 Å². The molecule has 1 saturated heterocycles. The van der Waals surface area contributed by atoms with Crippen LogP contribution in [-0.4, -0.2) is 29.5 Å². The molecule has 2 aromatic carbocycles. The predicted octanol–water partition coefficient (Wildman–Crippen LogP) is 4.20. The van der Waals surface area contributed by atoms with Gasteiger partial charge in [0.25, 0.3) is 0 Å². The van der Waals surface area contributed by atoms with Gasteiger partial charge in [-0.2, -0.15) is 5.10 Å². The first-order valence-electron chi connectivity index (χ1n) is 9.49. The van der Waals surface area contributed by atoms with E-state index in [0.29, 0.717) is 6.54 Å². The highest BCUT2D eigenvalue weighted by Gasteiger charge is 2.46. The van der Waals surface area contributed by atoms with Crippen LogP contribution in [0.25, 0.3) is 16.6 Å². The summed E-state index contributed by atoms with van der Waals surface area (Å²) in [6.07, 6.45) is 3.81. The molecule has 1 fully saturated rings. The van der Waals surface area contributed by atoms with E-state index >= 15 is 0 Å². The van der Waals surface area contributed by atoms with Crippen LogP contribution in [0, 0.1) is 11.2 Å². The van der Waals surface area contributed by atoms with Crippen LogP contribution in [0.15, 0.2) is 48.7 Å². The maximum absolute atomic E-state index is 13.2. The molecule has 0 spiro atoms. The molecule has 0 unspecified atom stereocenters. The third-order valence-corrected chi connectivity index (χ3v) is 6.34. The Kier molecular flexibility index (Phi) is 4.52. The Morgan fingerprint density at radius 1 is 1.15 bits per heavy atom. The van der Waals surface area contributed by atoms with Gasteiger partial charge in [0.2, 0.25) is 0 Å². The third kappa shape index (κ3) is 2.95. The van der Waals surface area contributed by atoms with Gasteiger partial charge in [-0.25, -0.2) is 9.07 Å². The van der Waals surface area contributed by atoms with Crippen molar-refractivity contribution in [3.05, 3.63) is 60.0 Å². The molecule has 0 saturated carbocycles. The number of hydrogen-bond acceptors (Lipinski definition) is 3. The molecule has 0 bridgehead atoms. The van der Waals surface area contributed by atoms with Crippen LogP contribution in [0.4, 0.5) is 4.39 Å². The number of halogens is 1. The van der Waals surface area contributed by atoms with Crippen LogP contribution >= 0.6 is 0 Å². The lowest BCUT2D eigenvalue weighted by Gasteiger charge is -2.49. The summed E-state index contributed by atoms with van der Waals surface area (Å²) in [7, 11) is 0. The first-order chi connectivity index (χ1) is 13.0. The molecule has 2 N–H and O–H groups in total. The minimum atomic E-state index is -0.247. The molecule has 4 rings (SSSR count). The highest BCUT2D eigenvalue weighted by molar-refractivity contribution is 5.81. The zero-order chi connectivity index (χ0) is 19.1. The summed E-state index contributed by atoms with van der Waals surface area (Å²) in [6, 6.07) is 13.0. The largest absolute Gasteiger partial charge is 0.381 e. The Labute approximate surface area is 159 Å². The van der Waals surface area contributed by atoms with E-state index in [1.165, 1.54) is 17.7 Å². The Morgan fingerprint density at radius 3 is 2.52 bits per heavy atom. The molecule has 5 heteroatoms. The average Bonchev–Trinajstić information content (AvgIpc) is 3.12. The van der Waals surface area contributed by atoms with Crippen LogP contribution in [-0.2, 0) is 10.2 Å². The number of fused-ring (bicyclic) bond motifs is 1. The van der Waals surface area contributed by atoms with Crippen molar-refractivity contribution in [2.75, 3.05) is 19.8 Å². The summed E-state index contributed by atoms with van der Waals surface area (Å²) in [5.41, 5.74) is 9.30. The maximum atomic E-state index is 13.2. The van der Waals surface area contributed by atoms with Crippen LogP contribution in [0.1, 0.15) is 32.3 Å². The molecule has 0 radical (unpaired) electrons. The fourth-order valence-electron chi connectivity index (χ4n) is 4.39. The van der Waals surface area contributed by atoms with Crippen molar-refractivity contribution >= 4 is 10.9 Å². The lowest BCUT2D eigenvalue weighted by molar-refractivity contribution is 0.000341. The van der Waals surface area contributed by atoms with Crippen molar-refractivity contribution < 1.29 is 9.13 Å². The van der Waals surface area contributed by atoms with Crippen molar-refractivity contribution in [2.45, 2.75) is 32.1 Å². The molecule has 0 aliphatic carbocycles. The number of nitrogens with two attached hydrogens (primary N) is 1. The second-order valence-electron chi connectivity index (χ2n) is 8.09. The second-order valence-corrected chi connectivity index (χ2v) is 8.09. The molecule has 1 aliphatic heterocycles. The molecule has 2 heterocycles. The fraction of sp³-hybridized carbons (Fsp3) is 0.409. The molecule has 1 aliphatic rings. The number of aromatic nitrogens is 2. The molecule has 4 nitrogen and oxygen atoms in total. The molecule has 142 valence electrons. The Morgan fingerprint density at radius 2 is 1.85 bits per heavy atom. The molecular weight excluding hydrogens is 341 g/mol. The first kappa shape index (κ1) is 18.1. The molecule has 27 heavy (non-hydrogen) atoms. The van der Waals surface area contributed by atoms with Crippen LogP contribution in [0.2, 0.25) is 0 Å². The van der Waals surface area contributed by atoms with E-state index < -0.39 is 0 Å². The zero-order valence-electron chi connectivity index (χ0n) is 15.9. The lowest BCUT2D eigenvalue weighted by Crippen LogP contribution is -2.49. The van der Waals surface area contributed by atoms with Gasteiger partial charge >= 0.3 is 0 Å². The minimum Gasteiger partial charge on any atom is -0.381 e. The molecule has 0 amide bonds. The number of nitrogens with zero attached hydrogens (tertiary/aromatic N) is 2. The third-order valence-electron chi connectivity index (χ3n) is 6.34. The normalized spacial score (nSPS) is 17.3. The van der Waals surface area contributed by atoms with Gasteiger partial charge in [0, 0.05) is 24.0 Å². The quantitative estimate of drug-likeness (QED) is 0.752. The van der Waals surface area contributed by atoms with Crippen LogP contribution < -0.4 is 5.73 Å². The Bertz CT molecular complexity index is 940. The van der Waals surface area contributed by atoms with Crippen molar-refractivity contribution in [2.24, 2.45) is 11.1 Å². The smallest absolute Gasteiger partial charge is 0.123 e. The SMILES string of the molecule is CC(C)(CN)C1(c2ccc3c(cnn3-c3ccc(F)cc3)c2)CCOCC1. The van der Waals surface area contributed by atoms with E-state index in [4.69, 9.17) is 10.5 Å². The van der Waals surface area contributed by atoms with Gasteiger partial charge in [-0.3, -0.25) is 0 Å².